The fraction of sp³-hybridized carbons (Fsp3) is 0.316. The molecule has 0 aliphatic carbocycles. The summed E-state index contributed by atoms with van der Waals surface area (Å²) in [5, 5.41) is 0. The first-order valence-electron chi connectivity index (χ1n) is 7.59. The van der Waals surface area contributed by atoms with Crippen LogP contribution in [0.2, 0.25) is 0 Å². The Morgan fingerprint density at radius 2 is 1.86 bits per heavy atom. The molecule has 0 N–H and O–H groups in total. The van der Waals surface area contributed by atoms with Gasteiger partial charge in [0.15, 0.2) is 0 Å². The van der Waals surface area contributed by atoms with E-state index in [-0.39, 0.29) is 5.91 Å². The average Bonchev–Trinajstić information content (AvgIpc) is 2.49. The van der Waals surface area contributed by atoms with Crippen molar-refractivity contribution in [1.29, 1.82) is 0 Å². The minimum absolute atomic E-state index is 0.203. The number of fused-ring (bicyclic) bond motifs is 1. The minimum atomic E-state index is 0.203. The summed E-state index contributed by atoms with van der Waals surface area (Å²) in [4.78, 5) is 14.7. The van der Waals surface area contributed by atoms with Crippen LogP contribution >= 0.6 is 0 Å². The quantitative estimate of drug-likeness (QED) is 0.818. The molecule has 0 unspecified atom stereocenters. The van der Waals surface area contributed by atoms with Crippen LogP contribution < -0.4 is 4.90 Å². The fourth-order valence-corrected chi connectivity index (χ4v) is 3.07. The summed E-state index contributed by atoms with van der Waals surface area (Å²) in [5.41, 5.74) is 5.96. The molecule has 108 valence electrons. The molecule has 21 heavy (non-hydrogen) atoms. The van der Waals surface area contributed by atoms with Crippen LogP contribution in [0.5, 0.6) is 0 Å². The number of para-hydroxylation sites is 1. The number of rotatable bonds is 2. The van der Waals surface area contributed by atoms with Crippen LogP contribution in [-0.4, -0.2) is 12.5 Å². The SMILES string of the molecule is Cc1ccc(CC(=O)N2CCCc3cccc(C)c32)cc1. The van der Waals surface area contributed by atoms with Gasteiger partial charge in [-0.25, -0.2) is 0 Å². The highest BCUT2D eigenvalue weighted by atomic mass is 16.2. The molecule has 0 fully saturated rings. The number of amides is 1. The van der Waals surface area contributed by atoms with Gasteiger partial charge in [-0.15, -0.1) is 0 Å². The molecule has 2 nitrogen and oxygen atoms in total. The van der Waals surface area contributed by atoms with E-state index in [2.05, 4.69) is 56.3 Å². The summed E-state index contributed by atoms with van der Waals surface area (Å²) in [6.45, 7) is 4.99. The summed E-state index contributed by atoms with van der Waals surface area (Å²) in [6.07, 6.45) is 2.61. The predicted octanol–water partition coefficient (Wildman–Crippen LogP) is 3.83. The smallest absolute Gasteiger partial charge is 0.231 e. The lowest BCUT2D eigenvalue weighted by Crippen LogP contribution is -2.37. The first-order valence-corrected chi connectivity index (χ1v) is 7.59. The van der Waals surface area contributed by atoms with E-state index in [1.54, 1.807) is 0 Å². The normalized spacial score (nSPS) is 13.9. The molecule has 0 saturated carbocycles. The van der Waals surface area contributed by atoms with Crippen LogP contribution in [0.25, 0.3) is 0 Å². The van der Waals surface area contributed by atoms with Gasteiger partial charge in [0.25, 0.3) is 0 Å². The fourth-order valence-electron chi connectivity index (χ4n) is 3.07. The highest BCUT2D eigenvalue weighted by molar-refractivity contribution is 5.96. The van der Waals surface area contributed by atoms with Gasteiger partial charge in [0.1, 0.15) is 0 Å². The molecule has 2 aromatic rings. The van der Waals surface area contributed by atoms with Crippen LogP contribution in [0.3, 0.4) is 0 Å². The van der Waals surface area contributed by atoms with Gasteiger partial charge in [-0.2, -0.15) is 0 Å². The molecule has 1 amide bonds. The lowest BCUT2D eigenvalue weighted by molar-refractivity contribution is -0.118. The Bertz CT molecular complexity index is 658. The van der Waals surface area contributed by atoms with Gasteiger partial charge < -0.3 is 4.90 Å². The van der Waals surface area contributed by atoms with Crippen LogP contribution in [0.15, 0.2) is 42.5 Å². The van der Waals surface area contributed by atoms with E-state index in [9.17, 15) is 4.79 Å². The van der Waals surface area contributed by atoms with Crippen molar-refractivity contribution in [3.05, 3.63) is 64.7 Å². The summed E-state index contributed by atoms with van der Waals surface area (Å²) in [7, 11) is 0. The summed E-state index contributed by atoms with van der Waals surface area (Å²) < 4.78 is 0. The Morgan fingerprint density at radius 3 is 2.62 bits per heavy atom. The van der Waals surface area contributed by atoms with Gasteiger partial charge in [0.2, 0.25) is 5.91 Å². The number of benzene rings is 2. The molecule has 0 aromatic heterocycles. The van der Waals surface area contributed by atoms with E-state index in [0.717, 1.165) is 30.6 Å². The predicted molar refractivity (Wildman–Crippen MR) is 86.7 cm³/mol. The maximum absolute atomic E-state index is 12.7. The molecule has 3 rings (SSSR count). The molecule has 0 atom stereocenters. The second kappa shape index (κ2) is 5.72. The second-order valence-corrected chi connectivity index (χ2v) is 5.89. The molecule has 0 radical (unpaired) electrons. The van der Waals surface area contributed by atoms with E-state index in [0.29, 0.717) is 6.42 Å². The third-order valence-electron chi connectivity index (χ3n) is 4.20. The van der Waals surface area contributed by atoms with Crippen molar-refractivity contribution in [2.45, 2.75) is 33.1 Å². The highest BCUT2D eigenvalue weighted by Crippen LogP contribution is 2.30. The van der Waals surface area contributed by atoms with Gasteiger partial charge in [-0.1, -0.05) is 48.0 Å². The molecule has 1 aliphatic rings. The minimum Gasteiger partial charge on any atom is -0.312 e. The van der Waals surface area contributed by atoms with Gasteiger partial charge in [-0.3, -0.25) is 4.79 Å². The van der Waals surface area contributed by atoms with E-state index >= 15 is 0 Å². The number of nitrogens with zero attached hydrogens (tertiary/aromatic N) is 1. The van der Waals surface area contributed by atoms with Crippen molar-refractivity contribution in [2.75, 3.05) is 11.4 Å². The van der Waals surface area contributed by atoms with Crippen molar-refractivity contribution in [2.24, 2.45) is 0 Å². The topological polar surface area (TPSA) is 20.3 Å². The van der Waals surface area contributed by atoms with Crippen molar-refractivity contribution < 1.29 is 4.79 Å². The van der Waals surface area contributed by atoms with Gasteiger partial charge in [0.05, 0.1) is 6.42 Å². The summed E-state index contributed by atoms with van der Waals surface area (Å²) >= 11 is 0. The Labute approximate surface area is 126 Å². The number of carbonyl (C=O) groups is 1. The number of aryl methyl sites for hydroxylation is 3. The molecule has 0 saturated heterocycles. The molecule has 2 aromatic carbocycles. The van der Waals surface area contributed by atoms with E-state index in [4.69, 9.17) is 0 Å². The lowest BCUT2D eigenvalue weighted by atomic mass is 9.97. The van der Waals surface area contributed by atoms with Gasteiger partial charge >= 0.3 is 0 Å². The zero-order valence-electron chi connectivity index (χ0n) is 12.7. The number of carbonyl (C=O) groups excluding carboxylic acids is 1. The van der Waals surface area contributed by atoms with Crippen LogP contribution in [-0.2, 0) is 17.6 Å². The Kier molecular flexibility index (Phi) is 3.78. The molecular weight excluding hydrogens is 258 g/mol. The largest absolute Gasteiger partial charge is 0.312 e. The maximum atomic E-state index is 12.7. The molecule has 0 spiro atoms. The summed E-state index contributed by atoms with van der Waals surface area (Å²) in [6, 6.07) is 14.6. The average molecular weight is 279 g/mol. The molecule has 1 aliphatic heterocycles. The van der Waals surface area contributed by atoms with Crippen molar-refractivity contribution in [1.82, 2.24) is 0 Å². The molecule has 2 heteroatoms. The molecule has 0 bridgehead atoms. The third-order valence-corrected chi connectivity index (χ3v) is 4.20. The van der Waals surface area contributed by atoms with E-state index in [1.807, 2.05) is 4.90 Å². The number of anilines is 1. The zero-order chi connectivity index (χ0) is 14.8. The highest BCUT2D eigenvalue weighted by Gasteiger charge is 2.23. The van der Waals surface area contributed by atoms with Gasteiger partial charge in [-0.05, 0) is 43.4 Å². The Morgan fingerprint density at radius 1 is 1.10 bits per heavy atom. The van der Waals surface area contributed by atoms with Crippen LogP contribution in [0, 0.1) is 13.8 Å². The number of hydrogen-bond donors (Lipinski definition) is 0. The summed E-state index contributed by atoms with van der Waals surface area (Å²) in [5.74, 6) is 0.203. The maximum Gasteiger partial charge on any atom is 0.231 e. The second-order valence-electron chi connectivity index (χ2n) is 5.89. The van der Waals surface area contributed by atoms with Crippen LogP contribution in [0.4, 0.5) is 5.69 Å². The first-order chi connectivity index (χ1) is 10.1. The zero-order valence-corrected chi connectivity index (χ0v) is 12.7. The lowest BCUT2D eigenvalue weighted by Gasteiger charge is -2.31. The van der Waals surface area contributed by atoms with Crippen LogP contribution in [0.1, 0.15) is 28.7 Å². The standard InChI is InChI=1S/C19H21NO/c1-14-8-10-16(11-9-14)13-18(21)20-12-4-7-17-6-3-5-15(2)19(17)20/h3,5-6,8-11H,4,7,12-13H2,1-2H3. The van der Waals surface area contributed by atoms with Crippen molar-refractivity contribution >= 4 is 11.6 Å². The van der Waals surface area contributed by atoms with Gasteiger partial charge in [0, 0.05) is 12.2 Å². The van der Waals surface area contributed by atoms with Crippen molar-refractivity contribution in [3.63, 3.8) is 0 Å². The molecule has 1 heterocycles. The Balaban J connectivity index is 1.85. The third kappa shape index (κ3) is 2.85. The monoisotopic (exact) mass is 279 g/mol. The van der Waals surface area contributed by atoms with E-state index < -0.39 is 0 Å². The number of hydrogen-bond acceptors (Lipinski definition) is 1. The Hall–Kier alpha value is -2.09. The van der Waals surface area contributed by atoms with Crippen molar-refractivity contribution in [3.8, 4) is 0 Å². The first kappa shape index (κ1) is 13.9. The van der Waals surface area contributed by atoms with E-state index in [1.165, 1.54) is 16.7 Å². The molecular formula is C19H21NO.